The molecule has 2 aromatic rings. The first kappa shape index (κ1) is 24.3. The van der Waals surface area contributed by atoms with Crippen molar-refractivity contribution in [1.82, 2.24) is 10.6 Å². The van der Waals surface area contributed by atoms with Crippen molar-refractivity contribution in [1.29, 1.82) is 0 Å². The standard InChI is InChI=1S/C26H32N2O5/c1-3-8-18(24(29)27-14-13-17(2)25(30)31)15-28-26(32)33-16-23-21-11-6-4-9-19(21)20-10-5-7-12-22(20)23/h4-7,9-12,17-18,23H,3,8,13-16H2,1-2H3,(H,27,29)(H,28,32)(H,30,31). The number of rotatable bonds is 11. The molecule has 0 saturated carbocycles. The maximum atomic E-state index is 12.5. The highest BCUT2D eigenvalue weighted by Crippen LogP contribution is 2.44. The average Bonchev–Trinajstić information content (AvgIpc) is 3.13. The average molecular weight is 453 g/mol. The summed E-state index contributed by atoms with van der Waals surface area (Å²) in [4.78, 5) is 35.8. The van der Waals surface area contributed by atoms with Crippen LogP contribution in [0.25, 0.3) is 11.1 Å². The van der Waals surface area contributed by atoms with Crippen LogP contribution in [0.1, 0.15) is 50.2 Å². The van der Waals surface area contributed by atoms with E-state index in [9.17, 15) is 14.4 Å². The highest BCUT2D eigenvalue weighted by Gasteiger charge is 2.29. The van der Waals surface area contributed by atoms with Gasteiger partial charge in [0.15, 0.2) is 0 Å². The van der Waals surface area contributed by atoms with Crippen molar-refractivity contribution in [2.45, 2.75) is 39.0 Å². The second-order valence-corrected chi connectivity index (χ2v) is 8.51. The van der Waals surface area contributed by atoms with Gasteiger partial charge in [0.05, 0.1) is 11.8 Å². The third kappa shape index (κ3) is 6.12. The molecule has 1 aliphatic carbocycles. The summed E-state index contributed by atoms with van der Waals surface area (Å²) in [6, 6.07) is 16.3. The number of carbonyl (C=O) groups excluding carboxylic acids is 2. The lowest BCUT2D eigenvalue weighted by Gasteiger charge is -2.18. The molecular weight excluding hydrogens is 420 g/mol. The molecule has 176 valence electrons. The van der Waals surface area contributed by atoms with Gasteiger partial charge in [0, 0.05) is 19.0 Å². The number of nitrogens with one attached hydrogen (secondary N) is 2. The summed E-state index contributed by atoms with van der Waals surface area (Å²) in [5.41, 5.74) is 4.62. The number of aliphatic carboxylic acids is 1. The van der Waals surface area contributed by atoms with Gasteiger partial charge in [-0.3, -0.25) is 9.59 Å². The molecule has 33 heavy (non-hydrogen) atoms. The summed E-state index contributed by atoms with van der Waals surface area (Å²) in [5.74, 6) is -2.00. The zero-order valence-corrected chi connectivity index (χ0v) is 19.2. The third-order valence-electron chi connectivity index (χ3n) is 6.14. The van der Waals surface area contributed by atoms with Gasteiger partial charge in [0.2, 0.25) is 5.91 Å². The Morgan fingerprint density at radius 3 is 2.15 bits per heavy atom. The first-order valence-corrected chi connectivity index (χ1v) is 11.5. The van der Waals surface area contributed by atoms with E-state index in [-0.39, 0.29) is 31.5 Å². The van der Waals surface area contributed by atoms with Crippen molar-refractivity contribution in [3.05, 3.63) is 59.7 Å². The van der Waals surface area contributed by atoms with Gasteiger partial charge in [-0.2, -0.15) is 0 Å². The van der Waals surface area contributed by atoms with E-state index in [1.165, 1.54) is 11.1 Å². The van der Waals surface area contributed by atoms with E-state index >= 15 is 0 Å². The van der Waals surface area contributed by atoms with Crippen LogP contribution < -0.4 is 10.6 Å². The largest absolute Gasteiger partial charge is 0.481 e. The molecule has 7 nitrogen and oxygen atoms in total. The van der Waals surface area contributed by atoms with Crippen molar-refractivity contribution in [3.8, 4) is 11.1 Å². The predicted octanol–water partition coefficient (Wildman–Crippen LogP) is 4.17. The van der Waals surface area contributed by atoms with E-state index < -0.39 is 23.9 Å². The minimum Gasteiger partial charge on any atom is -0.481 e. The van der Waals surface area contributed by atoms with Crippen LogP contribution in [0.3, 0.4) is 0 Å². The van der Waals surface area contributed by atoms with E-state index in [1.807, 2.05) is 31.2 Å². The third-order valence-corrected chi connectivity index (χ3v) is 6.14. The number of alkyl carbamates (subject to hydrolysis) is 1. The molecule has 3 rings (SSSR count). The van der Waals surface area contributed by atoms with Crippen molar-refractivity contribution < 1.29 is 24.2 Å². The maximum Gasteiger partial charge on any atom is 0.407 e. The minimum absolute atomic E-state index is 0.0193. The summed E-state index contributed by atoms with van der Waals surface area (Å²) in [5, 5.41) is 14.5. The van der Waals surface area contributed by atoms with Gasteiger partial charge in [0.25, 0.3) is 0 Å². The van der Waals surface area contributed by atoms with E-state index in [1.54, 1.807) is 6.92 Å². The first-order valence-electron chi connectivity index (χ1n) is 11.5. The van der Waals surface area contributed by atoms with E-state index in [0.29, 0.717) is 12.8 Å². The Labute approximate surface area is 194 Å². The fourth-order valence-corrected chi connectivity index (χ4v) is 4.21. The molecule has 7 heteroatoms. The number of benzene rings is 2. The lowest BCUT2D eigenvalue weighted by Crippen LogP contribution is -2.40. The second-order valence-electron chi connectivity index (χ2n) is 8.51. The molecular formula is C26H32N2O5. The minimum atomic E-state index is -0.883. The summed E-state index contributed by atoms with van der Waals surface area (Å²) < 4.78 is 5.54. The van der Waals surface area contributed by atoms with Crippen molar-refractivity contribution in [2.24, 2.45) is 11.8 Å². The Bertz CT molecular complexity index is 945. The lowest BCUT2D eigenvalue weighted by atomic mass is 9.98. The fraction of sp³-hybridized carbons (Fsp3) is 0.423. The Kier molecular flexibility index (Phi) is 8.46. The molecule has 0 saturated heterocycles. The molecule has 0 radical (unpaired) electrons. The molecule has 2 atom stereocenters. The monoisotopic (exact) mass is 452 g/mol. The molecule has 2 amide bonds. The number of carboxylic acid groups (broad SMARTS) is 1. The zero-order valence-electron chi connectivity index (χ0n) is 19.2. The van der Waals surface area contributed by atoms with Crippen LogP contribution in [-0.4, -0.2) is 42.8 Å². The van der Waals surface area contributed by atoms with Crippen LogP contribution in [0.15, 0.2) is 48.5 Å². The lowest BCUT2D eigenvalue weighted by molar-refractivity contribution is -0.141. The van der Waals surface area contributed by atoms with Gasteiger partial charge in [-0.05, 0) is 35.1 Å². The molecule has 0 aromatic heterocycles. The van der Waals surface area contributed by atoms with E-state index in [2.05, 4.69) is 34.9 Å². The number of amides is 2. The van der Waals surface area contributed by atoms with Gasteiger partial charge in [-0.15, -0.1) is 0 Å². The number of carbonyl (C=O) groups is 3. The summed E-state index contributed by atoms with van der Waals surface area (Å²) >= 11 is 0. The number of carboxylic acids is 1. The quantitative estimate of drug-likeness (QED) is 0.475. The van der Waals surface area contributed by atoms with Crippen LogP contribution in [0, 0.1) is 11.8 Å². The number of ether oxygens (including phenoxy) is 1. The van der Waals surface area contributed by atoms with Crippen molar-refractivity contribution >= 4 is 18.0 Å². The molecule has 1 aliphatic rings. The fourth-order valence-electron chi connectivity index (χ4n) is 4.21. The Balaban J connectivity index is 1.51. The number of fused-ring (bicyclic) bond motifs is 3. The maximum absolute atomic E-state index is 12.5. The van der Waals surface area contributed by atoms with Crippen LogP contribution in [0.2, 0.25) is 0 Å². The Hall–Kier alpha value is -3.35. The van der Waals surface area contributed by atoms with E-state index in [4.69, 9.17) is 9.84 Å². The van der Waals surface area contributed by atoms with Crippen LogP contribution in [-0.2, 0) is 14.3 Å². The van der Waals surface area contributed by atoms with Gasteiger partial charge in [-0.25, -0.2) is 4.79 Å². The van der Waals surface area contributed by atoms with Gasteiger partial charge in [-0.1, -0.05) is 68.8 Å². The molecule has 0 spiro atoms. The van der Waals surface area contributed by atoms with Gasteiger partial charge < -0.3 is 20.5 Å². The molecule has 0 heterocycles. The van der Waals surface area contributed by atoms with Gasteiger partial charge in [0.1, 0.15) is 6.61 Å². The SMILES string of the molecule is CCCC(CNC(=O)OCC1c2ccccc2-c2ccccc21)C(=O)NCCC(C)C(=O)O. The molecule has 0 bridgehead atoms. The molecule has 0 fully saturated rings. The molecule has 2 unspecified atom stereocenters. The normalized spacial score (nSPS) is 14.0. The zero-order chi connectivity index (χ0) is 23.8. The second kappa shape index (κ2) is 11.5. The Morgan fingerprint density at radius 1 is 0.970 bits per heavy atom. The molecule has 0 aliphatic heterocycles. The van der Waals surface area contributed by atoms with Crippen LogP contribution in [0.4, 0.5) is 4.79 Å². The first-order chi connectivity index (χ1) is 15.9. The predicted molar refractivity (Wildman–Crippen MR) is 126 cm³/mol. The molecule has 3 N–H and O–H groups in total. The smallest absolute Gasteiger partial charge is 0.407 e. The van der Waals surface area contributed by atoms with Crippen LogP contribution in [0.5, 0.6) is 0 Å². The van der Waals surface area contributed by atoms with Crippen molar-refractivity contribution in [2.75, 3.05) is 19.7 Å². The summed E-state index contributed by atoms with van der Waals surface area (Å²) in [7, 11) is 0. The highest BCUT2D eigenvalue weighted by molar-refractivity contribution is 5.80. The topological polar surface area (TPSA) is 105 Å². The molecule has 2 aromatic carbocycles. The highest BCUT2D eigenvalue weighted by atomic mass is 16.5. The van der Waals surface area contributed by atoms with Gasteiger partial charge >= 0.3 is 12.1 Å². The van der Waals surface area contributed by atoms with E-state index in [0.717, 1.165) is 17.5 Å². The Morgan fingerprint density at radius 2 is 1.58 bits per heavy atom. The van der Waals surface area contributed by atoms with Crippen molar-refractivity contribution in [3.63, 3.8) is 0 Å². The number of hydrogen-bond acceptors (Lipinski definition) is 4. The number of hydrogen-bond donors (Lipinski definition) is 3. The summed E-state index contributed by atoms with van der Waals surface area (Å²) in [6.07, 6.45) is 1.21. The van der Waals surface area contributed by atoms with Crippen LogP contribution >= 0.6 is 0 Å². The summed E-state index contributed by atoms with van der Waals surface area (Å²) in [6.45, 7) is 4.26.